The molecule has 2 rings (SSSR count). The van der Waals surface area contributed by atoms with Gasteiger partial charge in [-0.2, -0.15) is 0 Å². The van der Waals surface area contributed by atoms with Gasteiger partial charge in [-0.3, -0.25) is 0 Å². The van der Waals surface area contributed by atoms with Crippen molar-refractivity contribution in [3.05, 3.63) is 41.2 Å². The summed E-state index contributed by atoms with van der Waals surface area (Å²) >= 11 is 0. The molecule has 0 fully saturated rings. The van der Waals surface area contributed by atoms with Gasteiger partial charge in [0.25, 0.3) is 0 Å². The maximum atomic E-state index is 13.6. The summed E-state index contributed by atoms with van der Waals surface area (Å²) < 4.78 is 26.7. The molecular formula is C12H13F2N5. The number of rotatable bonds is 3. The molecule has 0 saturated carbocycles. The van der Waals surface area contributed by atoms with E-state index in [2.05, 4.69) is 20.7 Å². The molecule has 0 amide bonds. The lowest BCUT2D eigenvalue weighted by atomic mass is 10.2. The predicted molar refractivity (Wildman–Crippen MR) is 69.0 cm³/mol. The van der Waals surface area contributed by atoms with E-state index < -0.39 is 11.6 Å². The number of hydrogen-bond acceptors (Lipinski definition) is 5. The van der Waals surface area contributed by atoms with Crippen LogP contribution in [-0.4, -0.2) is 9.97 Å². The lowest BCUT2D eigenvalue weighted by molar-refractivity contribution is 0.511. The number of benzene rings is 1. The van der Waals surface area contributed by atoms with Crippen LogP contribution in [-0.2, 0) is 0 Å². The summed E-state index contributed by atoms with van der Waals surface area (Å²) in [5, 5.41) is 2.74. The Kier molecular flexibility index (Phi) is 3.57. The molecule has 0 unspecified atom stereocenters. The van der Waals surface area contributed by atoms with Gasteiger partial charge in [0.05, 0.1) is 5.69 Å². The van der Waals surface area contributed by atoms with Crippen molar-refractivity contribution >= 4 is 17.3 Å². The number of nitrogens with one attached hydrogen (secondary N) is 2. The third kappa shape index (κ3) is 2.60. The number of nitrogen functional groups attached to an aromatic ring is 1. The zero-order valence-electron chi connectivity index (χ0n) is 10.5. The molecule has 0 spiro atoms. The highest BCUT2D eigenvalue weighted by molar-refractivity contribution is 5.64. The molecule has 2 aromatic rings. The first kappa shape index (κ1) is 13.2. The molecule has 0 saturated heterocycles. The Labute approximate surface area is 108 Å². The number of hydrazine groups is 1. The predicted octanol–water partition coefficient (Wildman–Crippen LogP) is 2.40. The summed E-state index contributed by atoms with van der Waals surface area (Å²) in [5.74, 6) is 4.70. The molecule has 0 aliphatic heterocycles. The van der Waals surface area contributed by atoms with Gasteiger partial charge in [0, 0.05) is 5.56 Å². The average molecular weight is 265 g/mol. The van der Waals surface area contributed by atoms with Crippen molar-refractivity contribution in [1.29, 1.82) is 0 Å². The topological polar surface area (TPSA) is 75.9 Å². The van der Waals surface area contributed by atoms with Crippen LogP contribution < -0.4 is 16.6 Å². The summed E-state index contributed by atoms with van der Waals surface area (Å²) in [6, 6.07) is 3.88. The molecule has 0 aliphatic carbocycles. The van der Waals surface area contributed by atoms with Crippen LogP contribution in [0.5, 0.6) is 0 Å². The Morgan fingerprint density at radius 3 is 2.47 bits per heavy atom. The molecule has 4 N–H and O–H groups in total. The Balaban J connectivity index is 2.43. The van der Waals surface area contributed by atoms with Gasteiger partial charge in [0.15, 0.2) is 11.6 Å². The van der Waals surface area contributed by atoms with E-state index in [1.165, 1.54) is 12.1 Å². The first-order valence-electron chi connectivity index (χ1n) is 5.56. The molecule has 0 aliphatic rings. The van der Waals surface area contributed by atoms with E-state index in [4.69, 9.17) is 5.84 Å². The van der Waals surface area contributed by atoms with Crippen LogP contribution in [0, 0.1) is 25.5 Å². The summed E-state index contributed by atoms with van der Waals surface area (Å²) in [5.41, 5.74) is 3.04. The number of aromatic nitrogens is 2. The third-order valence-electron chi connectivity index (χ3n) is 2.60. The fourth-order valence-electron chi connectivity index (χ4n) is 1.62. The minimum absolute atomic E-state index is 0.00386. The van der Waals surface area contributed by atoms with E-state index in [0.717, 1.165) is 6.07 Å². The average Bonchev–Trinajstić information content (AvgIpc) is 2.38. The lowest BCUT2D eigenvalue weighted by Gasteiger charge is -2.13. The number of aryl methyl sites for hydroxylation is 1. The van der Waals surface area contributed by atoms with Crippen LogP contribution in [0.2, 0.25) is 0 Å². The number of nitrogens with zero attached hydrogens (tertiary/aromatic N) is 2. The van der Waals surface area contributed by atoms with Crippen LogP contribution in [0.3, 0.4) is 0 Å². The maximum absolute atomic E-state index is 13.6. The SMILES string of the molecule is Cc1nc(NN)c(C)c(Nc2cccc(F)c2F)n1. The minimum atomic E-state index is -0.958. The Hall–Kier alpha value is -2.28. The first-order chi connectivity index (χ1) is 9.02. The quantitative estimate of drug-likeness (QED) is 0.587. The van der Waals surface area contributed by atoms with Gasteiger partial charge < -0.3 is 10.7 Å². The Bertz CT molecular complexity index is 615. The van der Waals surface area contributed by atoms with Crippen molar-refractivity contribution in [3.8, 4) is 0 Å². The van der Waals surface area contributed by atoms with Crippen molar-refractivity contribution in [3.63, 3.8) is 0 Å². The zero-order valence-corrected chi connectivity index (χ0v) is 10.5. The van der Waals surface area contributed by atoms with Crippen molar-refractivity contribution in [2.75, 3.05) is 10.7 Å². The van der Waals surface area contributed by atoms with Crippen molar-refractivity contribution in [2.45, 2.75) is 13.8 Å². The van der Waals surface area contributed by atoms with Crippen LogP contribution >= 0.6 is 0 Å². The summed E-state index contributed by atoms with van der Waals surface area (Å²) in [6.45, 7) is 3.39. The highest BCUT2D eigenvalue weighted by Gasteiger charge is 2.12. The molecule has 1 aromatic heterocycles. The maximum Gasteiger partial charge on any atom is 0.182 e. The summed E-state index contributed by atoms with van der Waals surface area (Å²) in [4.78, 5) is 8.22. The van der Waals surface area contributed by atoms with Crippen LogP contribution in [0.15, 0.2) is 18.2 Å². The molecule has 5 nitrogen and oxygen atoms in total. The monoisotopic (exact) mass is 265 g/mol. The van der Waals surface area contributed by atoms with E-state index >= 15 is 0 Å². The van der Waals surface area contributed by atoms with Gasteiger partial charge in [-0.05, 0) is 26.0 Å². The number of anilines is 3. The number of hydrogen-bond donors (Lipinski definition) is 3. The van der Waals surface area contributed by atoms with Crippen molar-refractivity contribution < 1.29 is 8.78 Å². The Morgan fingerprint density at radius 1 is 1.11 bits per heavy atom. The molecule has 0 bridgehead atoms. The third-order valence-corrected chi connectivity index (χ3v) is 2.60. The van der Waals surface area contributed by atoms with E-state index in [9.17, 15) is 8.78 Å². The van der Waals surface area contributed by atoms with Crippen molar-refractivity contribution in [1.82, 2.24) is 9.97 Å². The molecule has 0 atom stereocenters. The van der Waals surface area contributed by atoms with Crippen LogP contribution in [0.1, 0.15) is 11.4 Å². The Morgan fingerprint density at radius 2 is 1.79 bits per heavy atom. The molecule has 1 aromatic carbocycles. The van der Waals surface area contributed by atoms with Gasteiger partial charge >= 0.3 is 0 Å². The molecule has 100 valence electrons. The van der Waals surface area contributed by atoms with Gasteiger partial charge in [-0.25, -0.2) is 24.6 Å². The number of nitrogens with two attached hydrogens (primary N) is 1. The summed E-state index contributed by atoms with van der Waals surface area (Å²) in [6.07, 6.45) is 0. The van der Waals surface area contributed by atoms with Gasteiger partial charge in [0.1, 0.15) is 17.5 Å². The van der Waals surface area contributed by atoms with E-state index in [0.29, 0.717) is 23.0 Å². The normalized spacial score (nSPS) is 10.4. The highest BCUT2D eigenvalue weighted by atomic mass is 19.2. The second-order valence-electron chi connectivity index (χ2n) is 3.96. The highest BCUT2D eigenvalue weighted by Crippen LogP contribution is 2.25. The van der Waals surface area contributed by atoms with Crippen LogP contribution in [0.4, 0.5) is 26.1 Å². The second kappa shape index (κ2) is 5.15. The fraction of sp³-hybridized carbons (Fsp3) is 0.167. The zero-order chi connectivity index (χ0) is 14.0. The minimum Gasteiger partial charge on any atom is -0.337 e. The van der Waals surface area contributed by atoms with E-state index in [1.807, 2.05) is 0 Å². The molecule has 1 heterocycles. The van der Waals surface area contributed by atoms with Crippen LogP contribution in [0.25, 0.3) is 0 Å². The van der Waals surface area contributed by atoms with Gasteiger partial charge in [0.2, 0.25) is 0 Å². The van der Waals surface area contributed by atoms with Gasteiger partial charge in [-0.1, -0.05) is 6.07 Å². The standard InChI is InChI=1S/C12H13F2N5/c1-6-11(16-7(2)17-12(6)19-15)18-9-5-3-4-8(13)10(9)14/h3-5H,15H2,1-2H3,(H2,16,17,18,19). The van der Waals surface area contributed by atoms with E-state index in [1.54, 1.807) is 13.8 Å². The van der Waals surface area contributed by atoms with Crippen molar-refractivity contribution in [2.24, 2.45) is 5.84 Å². The van der Waals surface area contributed by atoms with E-state index in [-0.39, 0.29) is 5.69 Å². The molecule has 0 radical (unpaired) electrons. The largest absolute Gasteiger partial charge is 0.337 e. The summed E-state index contributed by atoms with van der Waals surface area (Å²) in [7, 11) is 0. The fourth-order valence-corrected chi connectivity index (χ4v) is 1.62. The number of halogens is 2. The molecular weight excluding hydrogens is 252 g/mol. The second-order valence-corrected chi connectivity index (χ2v) is 3.96. The molecule has 7 heteroatoms. The lowest BCUT2D eigenvalue weighted by Crippen LogP contribution is -2.13. The molecule has 19 heavy (non-hydrogen) atoms. The van der Waals surface area contributed by atoms with Gasteiger partial charge in [-0.15, -0.1) is 0 Å². The first-order valence-corrected chi connectivity index (χ1v) is 5.56. The smallest absolute Gasteiger partial charge is 0.182 e.